The summed E-state index contributed by atoms with van der Waals surface area (Å²) >= 11 is 1.60. The Morgan fingerprint density at radius 2 is 2.04 bits per heavy atom. The molecule has 3 rings (SSSR count). The Morgan fingerprint density at radius 3 is 2.62 bits per heavy atom. The summed E-state index contributed by atoms with van der Waals surface area (Å²) in [6.45, 7) is 9.63. The average molecular weight is 381 g/mol. The maximum absolute atomic E-state index is 13.1. The Labute approximate surface area is 161 Å². The van der Waals surface area contributed by atoms with Crippen LogP contribution in [0.25, 0.3) is 0 Å². The number of amides is 1. The van der Waals surface area contributed by atoms with E-state index in [1.807, 2.05) is 51.1 Å². The van der Waals surface area contributed by atoms with Gasteiger partial charge < -0.3 is 9.47 Å². The van der Waals surface area contributed by atoms with E-state index < -0.39 is 11.3 Å². The molecule has 2 atom stereocenters. The zero-order valence-corrected chi connectivity index (χ0v) is 17.5. The number of carbonyl (C=O) groups excluding carboxylic acids is 1. The van der Waals surface area contributed by atoms with Gasteiger partial charge in [-0.3, -0.25) is 4.90 Å². The second-order valence-electron chi connectivity index (χ2n) is 9.01. The fourth-order valence-corrected chi connectivity index (χ4v) is 4.95. The minimum absolute atomic E-state index is 0.0332. The molecule has 1 aromatic rings. The number of rotatable bonds is 3. The summed E-state index contributed by atoms with van der Waals surface area (Å²) in [7, 11) is 0. The van der Waals surface area contributed by atoms with Crippen molar-refractivity contribution < 1.29 is 14.3 Å². The molecule has 1 amide bonds. The van der Waals surface area contributed by atoms with Crippen LogP contribution in [0.3, 0.4) is 0 Å². The molecular formula is C20H32N2O3S. The lowest BCUT2D eigenvalue weighted by atomic mass is 9.83. The smallest absolute Gasteiger partial charge is 0.412 e. The quantitative estimate of drug-likeness (QED) is 0.692. The molecular weight excluding hydrogens is 348 g/mol. The third kappa shape index (κ3) is 4.39. The van der Waals surface area contributed by atoms with Crippen molar-refractivity contribution >= 4 is 17.4 Å². The van der Waals surface area contributed by atoms with Crippen LogP contribution >= 0.6 is 11.3 Å². The van der Waals surface area contributed by atoms with Crippen molar-refractivity contribution in [2.45, 2.75) is 96.6 Å². The first-order valence-electron chi connectivity index (χ1n) is 9.77. The van der Waals surface area contributed by atoms with Crippen molar-refractivity contribution in [2.75, 3.05) is 0 Å². The summed E-state index contributed by atoms with van der Waals surface area (Å²) < 4.78 is 12.1. The van der Waals surface area contributed by atoms with Gasteiger partial charge in [0.2, 0.25) is 0 Å². The molecule has 0 aromatic carbocycles. The van der Waals surface area contributed by atoms with Gasteiger partial charge in [0.05, 0.1) is 6.04 Å². The van der Waals surface area contributed by atoms with Gasteiger partial charge in [-0.2, -0.15) is 0 Å². The Morgan fingerprint density at radius 1 is 1.35 bits per heavy atom. The molecule has 2 heterocycles. The van der Waals surface area contributed by atoms with Crippen LogP contribution in [0.15, 0.2) is 11.6 Å². The van der Waals surface area contributed by atoms with E-state index in [0.717, 1.165) is 11.4 Å². The zero-order chi connectivity index (χ0) is 18.9. The summed E-state index contributed by atoms with van der Waals surface area (Å²) in [6.07, 6.45) is 8.67. The largest absolute Gasteiger partial charge is 0.444 e. The number of thiazole rings is 1. The molecule has 1 aliphatic heterocycles. The van der Waals surface area contributed by atoms with Gasteiger partial charge in [0.15, 0.2) is 0 Å². The van der Waals surface area contributed by atoms with Crippen LogP contribution in [0.1, 0.15) is 84.3 Å². The molecule has 26 heavy (non-hydrogen) atoms. The van der Waals surface area contributed by atoms with E-state index in [-0.39, 0.29) is 18.2 Å². The van der Waals surface area contributed by atoms with E-state index in [2.05, 4.69) is 4.98 Å². The summed E-state index contributed by atoms with van der Waals surface area (Å²) in [5.41, 5.74) is -1.24. The Hall–Kier alpha value is -1.14. The monoisotopic (exact) mass is 380 g/mol. The van der Waals surface area contributed by atoms with Gasteiger partial charge >= 0.3 is 6.09 Å². The van der Waals surface area contributed by atoms with Gasteiger partial charge in [-0.25, -0.2) is 9.78 Å². The van der Waals surface area contributed by atoms with Crippen LogP contribution in [0.2, 0.25) is 0 Å². The highest BCUT2D eigenvalue weighted by Gasteiger charge is 2.52. The second kappa shape index (κ2) is 7.47. The molecule has 6 heteroatoms. The molecule has 0 bridgehead atoms. The van der Waals surface area contributed by atoms with Gasteiger partial charge in [-0.1, -0.05) is 32.1 Å². The molecule has 0 N–H and O–H groups in total. The van der Waals surface area contributed by atoms with E-state index in [1.165, 1.54) is 32.1 Å². The van der Waals surface area contributed by atoms with Crippen LogP contribution in [0.5, 0.6) is 0 Å². The lowest BCUT2D eigenvalue weighted by Gasteiger charge is -2.36. The lowest BCUT2D eigenvalue weighted by Crippen LogP contribution is -2.50. The van der Waals surface area contributed by atoms with Crippen molar-refractivity contribution in [1.82, 2.24) is 9.88 Å². The molecule has 0 unspecified atom stereocenters. The maximum atomic E-state index is 13.1. The second-order valence-corrected chi connectivity index (χ2v) is 9.94. The van der Waals surface area contributed by atoms with Crippen LogP contribution in [0, 0.1) is 5.92 Å². The number of aromatic nitrogens is 1. The van der Waals surface area contributed by atoms with E-state index >= 15 is 0 Å². The van der Waals surface area contributed by atoms with Crippen molar-refractivity contribution in [3.63, 3.8) is 0 Å². The molecule has 1 aliphatic carbocycles. The topological polar surface area (TPSA) is 51.7 Å². The minimum Gasteiger partial charge on any atom is -0.444 e. The molecule has 5 nitrogen and oxygen atoms in total. The summed E-state index contributed by atoms with van der Waals surface area (Å²) in [5.74, 6) is 0.638. The summed E-state index contributed by atoms with van der Waals surface area (Å²) in [4.78, 5) is 19.4. The van der Waals surface area contributed by atoms with Gasteiger partial charge in [-0.05, 0) is 47.0 Å². The number of hydrogen-bond donors (Lipinski definition) is 0. The number of ether oxygens (including phenoxy) is 2. The predicted octanol–water partition coefficient (Wildman–Crippen LogP) is 5.53. The van der Waals surface area contributed by atoms with E-state index in [4.69, 9.17) is 9.47 Å². The number of hydrogen-bond acceptors (Lipinski definition) is 5. The van der Waals surface area contributed by atoms with Gasteiger partial charge in [0.1, 0.15) is 22.4 Å². The zero-order valence-electron chi connectivity index (χ0n) is 16.7. The highest BCUT2D eigenvalue weighted by atomic mass is 32.1. The molecule has 2 aliphatic rings. The predicted molar refractivity (Wildman–Crippen MR) is 103 cm³/mol. The lowest BCUT2D eigenvalue weighted by molar-refractivity contribution is -0.0798. The minimum atomic E-state index is -0.710. The standard InChI is InChI=1S/C20H32N2O3S/c1-19(2,3)25-18(23)22-15(13-14-9-7-6-8-10-14)16(24-20(22,4)5)17-21-11-12-26-17/h11-12,14-16H,6-10,13H2,1-5H3/t15-,16-/m0/s1. The Balaban J connectivity index is 1.88. The van der Waals surface area contributed by atoms with Crippen LogP contribution in [-0.2, 0) is 9.47 Å². The number of carbonyl (C=O) groups is 1. The van der Waals surface area contributed by atoms with Crippen molar-refractivity contribution in [3.05, 3.63) is 16.6 Å². The molecule has 146 valence electrons. The highest BCUT2D eigenvalue weighted by Crippen LogP contribution is 2.46. The molecule has 0 spiro atoms. The molecule has 2 fully saturated rings. The Kier molecular flexibility index (Phi) is 5.63. The third-order valence-electron chi connectivity index (χ3n) is 5.26. The SMILES string of the molecule is CC(C)(C)OC(=O)N1[C@@H](CC2CCCCC2)[C@@H](c2nccs2)OC1(C)C. The van der Waals surface area contributed by atoms with Gasteiger partial charge in [0.25, 0.3) is 0 Å². The van der Waals surface area contributed by atoms with Gasteiger partial charge in [0, 0.05) is 11.6 Å². The van der Waals surface area contributed by atoms with Gasteiger partial charge in [-0.15, -0.1) is 11.3 Å². The van der Waals surface area contributed by atoms with Crippen molar-refractivity contribution in [2.24, 2.45) is 5.92 Å². The maximum Gasteiger partial charge on any atom is 0.412 e. The number of nitrogens with zero attached hydrogens (tertiary/aromatic N) is 2. The van der Waals surface area contributed by atoms with Crippen LogP contribution in [0.4, 0.5) is 4.79 Å². The highest BCUT2D eigenvalue weighted by molar-refractivity contribution is 7.09. The molecule has 0 radical (unpaired) electrons. The molecule has 1 aromatic heterocycles. The van der Waals surface area contributed by atoms with Crippen LogP contribution in [-0.4, -0.2) is 33.3 Å². The van der Waals surface area contributed by atoms with Crippen molar-refractivity contribution in [3.8, 4) is 0 Å². The van der Waals surface area contributed by atoms with Crippen molar-refractivity contribution in [1.29, 1.82) is 0 Å². The third-order valence-corrected chi connectivity index (χ3v) is 6.10. The summed E-state index contributed by atoms with van der Waals surface area (Å²) in [6, 6.07) is -0.0332. The summed E-state index contributed by atoms with van der Waals surface area (Å²) in [5, 5.41) is 2.92. The van der Waals surface area contributed by atoms with Crippen LogP contribution < -0.4 is 0 Å². The first-order valence-corrected chi connectivity index (χ1v) is 10.6. The normalized spacial score (nSPS) is 26.9. The fourth-order valence-electron chi connectivity index (χ4n) is 4.23. The van der Waals surface area contributed by atoms with E-state index in [9.17, 15) is 4.79 Å². The molecule has 1 saturated heterocycles. The first-order chi connectivity index (χ1) is 12.2. The molecule has 1 saturated carbocycles. The average Bonchev–Trinajstić information content (AvgIpc) is 3.12. The fraction of sp³-hybridized carbons (Fsp3) is 0.800. The van der Waals surface area contributed by atoms with E-state index in [0.29, 0.717) is 5.92 Å². The Bertz CT molecular complexity index is 603. The first kappa shape index (κ1) is 19.6. The van der Waals surface area contributed by atoms with E-state index in [1.54, 1.807) is 11.3 Å².